The van der Waals surface area contributed by atoms with Crippen LogP contribution in [0.15, 0.2) is 217 Å². The number of furan rings is 1. The Morgan fingerprint density at radius 3 is 1.63 bits per heavy atom. The highest BCUT2D eigenvalue weighted by molar-refractivity contribution is 6.22. The predicted molar refractivity (Wildman–Crippen MR) is 267 cm³/mol. The van der Waals surface area contributed by atoms with E-state index in [0.29, 0.717) is 17.6 Å². The fourth-order valence-electron chi connectivity index (χ4n) is 10.2. The van der Waals surface area contributed by atoms with E-state index >= 15 is 0 Å². The minimum Gasteiger partial charge on any atom is -0.456 e. The van der Waals surface area contributed by atoms with Gasteiger partial charge in [0.2, 0.25) is 5.95 Å². The van der Waals surface area contributed by atoms with Gasteiger partial charge in [0.25, 0.3) is 0 Å². The Balaban J connectivity index is 1.05. The number of hydrogen-bond acceptors (Lipinski definition) is 4. The largest absolute Gasteiger partial charge is 0.456 e. The number of hydrogen-bond donors (Lipinski definition) is 0. The highest BCUT2D eigenvalue weighted by Gasteiger charge is 2.22. The van der Waals surface area contributed by atoms with Crippen molar-refractivity contribution in [3.05, 3.63) is 212 Å². The normalized spacial score (nSPS) is 12.0. The van der Waals surface area contributed by atoms with Crippen LogP contribution in [0.4, 0.5) is 0 Å². The third-order valence-corrected chi connectivity index (χ3v) is 13.2. The first-order valence-electron chi connectivity index (χ1n) is 21.9. The lowest BCUT2D eigenvalue weighted by Gasteiger charge is -2.14. The van der Waals surface area contributed by atoms with Crippen molar-refractivity contribution >= 4 is 87.1 Å². The summed E-state index contributed by atoms with van der Waals surface area (Å²) in [5.74, 6) is 1.68. The van der Waals surface area contributed by atoms with Crippen LogP contribution in [0.2, 0.25) is 0 Å². The molecule has 14 rings (SSSR count). The number of fused-ring (bicyclic) bond motifs is 12. The van der Waals surface area contributed by atoms with Crippen LogP contribution in [-0.2, 0) is 0 Å². The summed E-state index contributed by atoms with van der Waals surface area (Å²) in [6.07, 6.45) is 0. The van der Waals surface area contributed by atoms with E-state index in [0.717, 1.165) is 93.5 Å². The monoisotopic (exact) mass is 829 g/mol. The zero-order valence-electron chi connectivity index (χ0n) is 34.9. The summed E-state index contributed by atoms with van der Waals surface area (Å²) >= 11 is 0. The van der Waals surface area contributed by atoms with E-state index in [-0.39, 0.29) is 0 Å². The minimum absolute atomic E-state index is 0.543. The second-order valence-electron chi connectivity index (χ2n) is 16.8. The Morgan fingerprint density at radius 1 is 0.323 bits per heavy atom. The van der Waals surface area contributed by atoms with Gasteiger partial charge in [-0.3, -0.25) is 4.57 Å². The van der Waals surface area contributed by atoms with E-state index in [1.807, 2.05) is 18.2 Å². The van der Waals surface area contributed by atoms with Crippen LogP contribution in [0, 0.1) is 0 Å². The summed E-state index contributed by atoms with van der Waals surface area (Å²) in [6.45, 7) is 0. The second kappa shape index (κ2) is 13.8. The van der Waals surface area contributed by atoms with Crippen LogP contribution in [-0.4, -0.2) is 24.1 Å². The summed E-state index contributed by atoms with van der Waals surface area (Å²) in [6, 6.07) is 75.0. The number of benzene rings is 10. The van der Waals surface area contributed by atoms with Crippen LogP contribution in [0.1, 0.15) is 0 Å². The fourth-order valence-corrected chi connectivity index (χ4v) is 10.2. The first kappa shape index (κ1) is 35.7. The molecule has 14 aromatic rings. The van der Waals surface area contributed by atoms with Crippen LogP contribution in [0.25, 0.3) is 133 Å². The van der Waals surface area contributed by atoms with Gasteiger partial charge < -0.3 is 8.98 Å². The number of para-hydroxylation sites is 4. The third-order valence-electron chi connectivity index (χ3n) is 13.2. The topological polar surface area (TPSA) is 61.7 Å². The van der Waals surface area contributed by atoms with Crippen molar-refractivity contribution in [3.8, 4) is 45.5 Å². The van der Waals surface area contributed by atoms with Gasteiger partial charge in [-0.2, -0.15) is 9.97 Å². The maximum Gasteiger partial charge on any atom is 0.238 e. The Hall–Kier alpha value is -8.87. The van der Waals surface area contributed by atoms with Crippen molar-refractivity contribution in [1.82, 2.24) is 24.1 Å². The van der Waals surface area contributed by atoms with E-state index in [1.54, 1.807) is 0 Å². The first-order valence-corrected chi connectivity index (χ1v) is 21.9. The maximum absolute atomic E-state index is 6.75. The molecule has 0 aliphatic rings. The van der Waals surface area contributed by atoms with E-state index in [4.69, 9.17) is 19.4 Å². The molecule has 4 aromatic heterocycles. The lowest BCUT2D eigenvalue weighted by molar-refractivity contribution is 0.669. The zero-order valence-corrected chi connectivity index (χ0v) is 34.9. The molecule has 302 valence electrons. The average molecular weight is 830 g/mol. The van der Waals surface area contributed by atoms with Gasteiger partial charge in [-0.1, -0.05) is 158 Å². The standard InChI is InChI=1S/C59H35N5O/c1-2-14-36(15-3-1)37-26-28-38(29-27-37)57-60-58(62-59(61-57)64-51-23-11-6-18-43(51)44-19-7-12-24-52(44)64)49-35-55-56(46-21-9-13-25-54(46)65-55)48-34-41(30-31-42(48)49)63-50-22-10-8-20-45(50)47-32-39-16-4-5-17-40(39)33-53(47)63/h1-35H. The van der Waals surface area contributed by atoms with E-state index in [9.17, 15) is 0 Å². The molecule has 0 saturated heterocycles. The van der Waals surface area contributed by atoms with Gasteiger partial charge >= 0.3 is 0 Å². The summed E-state index contributed by atoms with van der Waals surface area (Å²) in [7, 11) is 0. The molecule has 0 spiro atoms. The molecule has 65 heavy (non-hydrogen) atoms. The zero-order chi connectivity index (χ0) is 42.6. The van der Waals surface area contributed by atoms with Crippen LogP contribution >= 0.6 is 0 Å². The van der Waals surface area contributed by atoms with Gasteiger partial charge in [0.05, 0.1) is 22.1 Å². The van der Waals surface area contributed by atoms with Gasteiger partial charge in [-0.15, -0.1) is 0 Å². The molecule has 0 bridgehead atoms. The van der Waals surface area contributed by atoms with E-state index in [2.05, 4.69) is 203 Å². The van der Waals surface area contributed by atoms with Crippen molar-refractivity contribution < 1.29 is 4.42 Å². The molecule has 0 atom stereocenters. The van der Waals surface area contributed by atoms with Crippen LogP contribution in [0.3, 0.4) is 0 Å². The summed E-state index contributed by atoms with van der Waals surface area (Å²) in [4.78, 5) is 16.1. The number of aromatic nitrogens is 5. The molecule has 0 unspecified atom stereocenters. The fraction of sp³-hybridized carbons (Fsp3) is 0. The lowest BCUT2D eigenvalue weighted by atomic mass is 9.98. The van der Waals surface area contributed by atoms with Gasteiger partial charge in [0.1, 0.15) is 11.2 Å². The lowest BCUT2D eigenvalue weighted by Crippen LogP contribution is -2.06. The molecular weight excluding hydrogens is 795 g/mol. The predicted octanol–water partition coefficient (Wildman–Crippen LogP) is 15.3. The van der Waals surface area contributed by atoms with Gasteiger partial charge in [-0.25, -0.2) is 4.98 Å². The Labute approximate surface area is 371 Å². The number of nitrogens with zero attached hydrogens (tertiary/aromatic N) is 5. The molecule has 0 aliphatic carbocycles. The Kier molecular flexibility index (Phi) is 7.59. The first-order chi connectivity index (χ1) is 32.2. The van der Waals surface area contributed by atoms with Gasteiger partial charge in [0.15, 0.2) is 11.6 Å². The van der Waals surface area contributed by atoms with Crippen molar-refractivity contribution in [3.63, 3.8) is 0 Å². The molecule has 0 fully saturated rings. The molecule has 0 amide bonds. The van der Waals surface area contributed by atoms with Gasteiger partial charge in [0, 0.05) is 49.1 Å². The number of rotatable bonds is 5. The average Bonchev–Trinajstić information content (AvgIpc) is 4.03. The highest BCUT2D eigenvalue weighted by atomic mass is 16.3. The van der Waals surface area contributed by atoms with Crippen LogP contribution in [0.5, 0.6) is 0 Å². The van der Waals surface area contributed by atoms with Crippen LogP contribution < -0.4 is 0 Å². The van der Waals surface area contributed by atoms with Crippen molar-refractivity contribution in [1.29, 1.82) is 0 Å². The van der Waals surface area contributed by atoms with Gasteiger partial charge in [-0.05, 0) is 87.3 Å². The molecule has 4 heterocycles. The molecule has 10 aromatic carbocycles. The van der Waals surface area contributed by atoms with Crippen molar-refractivity contribution in [2.24, 2.45) is 0 Å². The SMILES string of the molecule is c1ccc(-c2ccc(-c3nc(-c4cc5oc6ccccc6c5c5cc(-n6c7ccccc7c7cc8ccccc8cc76)ccc45)nc(-n4c5ccccc5c5ccccc54)n3)cc2)cc1. The summed E-state index contributed by atoms with van der Waals surface area (Å²) < 4.78 is 11.3. The molecule has 0 aliphatic heterocycles. The van der Waals surface area contributed by atoms with Crippen molar-refractivity contribution in [2.45, 2.75) is 0 Å². The van der Waals surface area contributed by atoms with E-state index < -0.39 is 0 Å². The molecular formula is C59H35N5O. The summed E-state index contributed by atoms with van der Waals surface area (Å²) in [5, 5.41) is 11.3. The molecule has 0 saturated carbocycles. The molecule has 0 N–H and O–H groups in total. The second-order valence-corrected chi connectivity index (χ2v) is 16.8. The smallest absolute Gasteiger partial charge is 0.238 e. The molecule has 0 radical (unpaired) electrons. The maximum atomic E-state index is 6.75. The highest BCUT2D eigenvalue weighted by Crippen LogP contribution is 2.43. The molecule has 6 nitrogen and oxygen atoms in total. The van der Waals surface area contributed by atoms with E-state index in [1.165, 1.54) is 21.5 Å². The third kappa shape index (κ3) is 5.44. The molecule has 6 heteroatoms. The Bertz CT molecular complexity index is 4180. The quantitative estimate of drug-likeness (QED) is 0.173. The minimum atomic E-state index is 0.543. The van der Waals surface area contributed by atoms with Crippen molar-refractivity contribution in [2.75, 3.05) is 0 Å². The summed E-state index contributed by atoms with van der Waals surface area (Å²) in [5.41, 5.74) is 11.0. The Morgan fingerprint density at radius 2 is 0.892 bits per heavy atom.